The lowest BCUT2D eigenvalue weighted by Crippen LogP contribution is -1.94. The Bertz CT molecular complexity index is 510. The molecule has 1 aromatic carbocycles. The molecule has 0 aromatic heterocycles. The third-order valence-electron chi connectivity index (χ3n) is 2.54. The van der Waals surface area contributed by atoms with E-state index in [4.69, 9.17) is 0 Å². The molecule has 1 aliphatic carbocycles. The Morgan fingerprint density at radius 1 is 1.19 bits per heavy atom. The van der Waals surface area contributed by atoms with Crippen LogP contribution >= 0.6 is 12.2 Å². The summed E-state index contributed by atoms with van der Waals surface area (Å²) in [5, 5.41) is 2.34. The van der Waals surface area contributed by atoms with Crippen molar-refractivity contribution in [2.75, 3.05) is 0 Å². The van der Waals surface area contributed by atoms with Gasteiger partial charge in [-0.3, -0.25) is 0 Å². The lowest BCUT2D eigenvalue weighted by molar-refractivity contribution is 0.623. The molecule has 1 aliphatic rings. The van der Waals surface area contributed by atoms with Crippen LogP contribution in [0.2, 0.25) is 0 Å². The fraction of sp³-hybridized carbons (Fsp3) is 0.154. The highest BCUT2D eigenvalue weighted by molar-refractivity contribution is 7.78. The topological polar surface area (TPSA) is 12.4 Å². The van der Waals surface area contributed by atoms with Crippen LogP contribution in [0.5, 0.6) is 0 Å². The molecule has 0 N–H and O–H groups in total. The first-order valence-corrected chi connectivity index (χ1v) is 5.44. The van der Waals surface area contributed by atoms with E-state index in [-0.39, 0.29) is 5.82 Å². The van der Waals surface area contributed by atoms with Crippen molar-refractivity contribution in [1.29, 1.82) is 0 Å². The first-order chi connectivity index (χ1) is 7.81. The Kier molecular flexibility index (Phi) is 3.40. The van der Waals surface area contributed by atoms with E-state index >= 15 is 0 Å². The summed E-state index contributed by atoms with van der Waals surface area (Å²) in [7, 11) is 0. The van der Waals surface area contributed by atoms with Crippen molar-refractivity contribution >= 4 is 23.0 Å². The van der Waals surface area contributed by atoms with Crippen molar-refractivity contribution in [2.45, 2.75) is 12.8 Å². The third-order valence-corrected chi connectivity index (χ3v) is 2.63. The van der Waals surface area contributed by atoms with Crippen LogP contribution in [0.1, 0.15) is 18.4 Å². The van der Waals surface area contributed by atoms with Crippen molar-refractivity contribution in [1.82, 2.24) is 0 Å². The zero-order valence-corrected chi connectivity index (χ0v) is 9.43. The molecule has 0 saturated carbocycles. The summed E-state index contributed by atoms with van der Waals surface area (Å²) >= 11 is 4.54. The summed E-state index contributed by atoms with van der Waals surface area (Å²) in [4.78, 5) is 3.92. The van der Waals surface area contributed by atoms with Crippen molar-refractivity contribution in [3.05, 3.63) is 53.5 Å². The van der Waals surface area contributed by atoms with Crippen molar-refractivity contribution in [3.63, 3.8) is 0 Å². The normalized spacial score (nSPS) is 14.8. The second-order valence-corrected chi connectivity index (χ2v) is 3.72. The van der Waals surface area contributed by atoms with Crippen molar-refractivity contribution in [3.8, 4) is 0 Å². The number of hydrogen-bond acceptors (Lipinski definition) is 2. The molecule has 1 aromatic rings. The second-order valence-electron chi connectivity index (χ2n) is 3.53. The van der Waals surface area contributed by atoms with E-state index in [0.29, 0.717) is 5.56 Å². The first kappa shape index (κ1) is 10.9. The van der Waals surface area contributed by atoms with Crippen LogP contribution in [0.4, 0.5) is 4.39 Å². The van der Waals surface area contributed by atoms with Gasteiger partial charge in [-0.15, -0.1) is 0 Å². The molecule has 0 radical (unpaired) electrons. The Hall–Kier alpha value is -1.57. The summed E-state index contributed by atoms with van der Waals surface area (Å²) in [5.74, 6) is -0.177. The molecule has 0 spiro atoms. The molecular weight excluding hydrogens is 221 g/mol. The van der Waals surface area contributed by atoms with Gasteiger partial charge in [0, 0.05) is 5.56 Å². The molecule has 2 rings (SSSR count). The average molecular weight is 231 g/mol. The molecule has 0 fully saturated rings. The maximum absolute atomic E-state index is 13.5. The molecule has 0 unspecified atom stereocenters. The van der Waals surface area contributed by atoms with Gasteiger partial charge in [0.15, 0.2) is 0 Å². The average Bonchev–Trinajstić information content (AvgIpc) is 2.31. The van der Waals surface area contributed by atoms with Crippen molar-refractivity contribution < 1.29 is 4.39 Å². The smallest absolute Gasteiger partial charge is 0.130 e. The van der Waals surface area contributed by atoms with E-state index < -0.39 is 0 Å². The molecule has 0 saturated heterocycles. The van der Waals surface area contributed by atoms with Crippen LogP contribution in [-0.4, -0.2) is 5.16 Å². The SMILES string of the molecule is Fc1ccccc1C1=CC=C(N=C=S)CC1. The highest BCUT2D eigenvalue weighted by Gasteiger charge is 2.10. The van der Waals surface area contributed by atoms with Gasteiger partial charge < -0.3 is 0 Å². The van der Waals surface area contributed by atoms with Gasteiger partial charge in [-0.05, 0) is 42.8 Å². The van der Waals surface area contributed by atoms with Crippen LogP contribution in [0, 0.1) is 5.82 Å². The highest BCUT2D eigenvalue weighted by atomic mass is 32.1. The van der Waals surface area contributed by atoms with E-state index in [0.717, 1.165) is 24.1 Å². The summed E-state index contributed by atoms with van der Waals surface area (Å²) in [6.45, 7) is 0. The Labute approximate surface area is 99.0 Å². The second kappa shape index (κ2) is 4.97. The predicted molar refractivity (Wildman–Crippen MR) is 66.7 cm³/mol. The van der Waals surface area contributed by atoms with Crippen LogP contribution in [0.15, 0.2) is 47.1 Å². The molecule has 0 bridgehead atoms. The number of benzene rings is 1. The number of rotatable bonds is 2. The van der Waals surface area contributed by atoms with Gasteiger partial charge in [-0.1, -0.05) is 24.3 Å². The minimum Gasteiger partial charge on any atom is -0.206 e. The Morgan fingerprint density at radius 2 is 2.00 bits per heavy atom. The first-order valence-electron chi connectivity index (χ1n) is 5.04. The predicted octanol–water partition coefficient (Wildman–Crippen LogP) is 3.99. The molecule has 0 aliphatic heterocycles. The van der Waals surface area contributed by atoms with Crippen molar-refractivity contribution in [2.24, 2.45) is 4.99 Å². The van der Waals surface area contributed by atoms with Gasteiger partial charge in [0.25, 0.3) is 0 Å². The summed E-state index contributed by atoms with van der Waals surface area (Å²) in [6, 6.07) is 6.81. The third kappa shape index (κ3) is 2.32. The highest BCUT2D eigenvalue weighted by Crippen LogP contribution is 2.28. The molecule has 0 amide bonds. The Morgan fingerprint density at radius 3 is 2.62 bits per heavy atom. The zero-order valence-electron chi connectivity index (χ0n) is 8.61. The lowest BCUT2D eigenvalue weighted by Gasteiger charge is -2.12. The number of aliphatic imine (C=N–C) groups is 1. The van der Waals surface area contributed by atoms with Crippen LogP contribution < -0.4 is 0 Å². The van der Waals surface area contributed by atoms with E-state index in [1.807, 2.05) is 18.2 Å². The number of allylic oxidation sites excluding steroid dienone is 4. The largest absolute Gasteiger partial charge is 0.206 e. The minimum absolute atomic E-state index is 0.177. The van der Waals surface area contributed by atoms with E-state index in [1.54, 1.807) is 12.1 Å². The van der Waals surface area contributed by atoms with Crippen LogP contribution in [0.3, 0.4) is 0 Å². The molecule has 16 heavy (non-hydrogen) atoms. The minimum atomic E-state index is -0.177. The molecule has 3 heteroatoms. The molecule has 0 atom stereocenters. The molecule has 80 valence electrons. The van der Waals surface area contributed by atoms with Gasteiger partial charge in [-0.2, -0.15) is 4.99 Å². The van der Waals surface area contributed by atoms with Gasteiger partial charge in [0.1, 0.15) is 5.82 Å². The van der Waals surface area contributed by atoms with Gasteiger partial charge in [0.05, 0.1) is 10.9 Å². The summed E-state index contributed by atoms with van der Waals surface area (Å²) < 4.78 is 13.5. The summed E-state index contributed by atoms with van der Waals surface area (Å²) in [5.41, 5.74) is 2.57. The van der Waals surface area contributed by atoms with Gasteiger partial charge in [-0.25, -0.2) is 4.39 Å². The standard InChI is InChI=1S/C13H10FNS/c14-13-4-2-1-3-12(13)10-5-7-11(8-6-10)15-9-16/h1-5,7H,6,8H2. The number of nitrogens with zero attached hydrogens (tertiary/aromatic N) is 1. The fourth-order valence-corrected chi connectivity index (χ4v) is 1.84. The molecular formula is C13H10FNS. The fourth-order valence-electron chi connectivity index (χ4n) is 1.72. The Balaban J connectivity index is 2.32. The van der Waals surface area contributed by atoms with E-state index in [2.05, 4.69) is 22.4 Å². The molecule has 1 nitrogen and oxygen atoms in total. The number of isothiocyanates is 1. The number of hydrogen-bond donors (Lipinski definition) is 0. The van der Waals surface area contributed by atoms with Gasteiger partial charge >= 0.3 is 0 Å². The van der Waals surface area contributed by atoms with E-state index in [1.165, 1.54) is 6.07 Å². The number of thiocarbonyl (C=S) groups is 1. The zero-order chi connectivity index (χ0) is 11.4. The number of halogens is 1. The van der Waals surface area contributed by atoms with Gasteiger partial charge in [0.2, 0.25) is 0 Å². The van der Waals surface area contributed by atoms with Crippen LogP contribution in [-0.2, 0) is 0 Å². The monoisotopic (exact) mass is 231 g/mol. The summed E-state index contributed by atoms with van der Waals surface area (Å²) in [6.07, 6.45) is 5.33. The lowest BCUT2D eigenvalue weighted by atomic mass is 9.96. The quantitative estimate of drug-likeness (QED) is 0.553. The van der Waals surface area contributed by atoms with E-state index in [9.17, 15) is 4.39 Å². The maximum atomic E-state index is 13.5. The maximum Gasteiger partial charge on any atom is 0.130 e. The molecule has 0 heterocycles. The van der Waals surface area contributed by atoms with Crippen LogP contribution in [0.25, 0.3) is 5.57 Å².